The molecule has 1 aromatic heterocycles. The summed E-state index contributed by atoms with van der Waals surface area (Å²) >= 11 is 3.33. The minimum absolute atomic E-state index is 0.00722. The molecule has 0 spiro atoms. The lowest BCUT2D eigenvalue weighted by molar-refractivity contribution is 0.0995. The van der Waals surface area contributed by atoms with Gasteiger partial charge in [-0.3, -0.25) is 4.79 Å². The van der Waals surface area contributed by atoms with E-state index in [1.54, 1.807) is 30.3 Å². The molecule has 0 fully saturated rings. The molecule has 0 aliphatic rings. The molecule has 0 saturated heterocycles. The molecule has 0 aliphatic carbocycles. The van der Waals surface area contributed by atoms with E-state index in [-0.39, 0.29) is 17.5 Å². The number of furan rings is 1. The van der Waals surface area contributed by atoms with Gasteiger partial charge in [-0.2, -0.15) is 0 Å². The van der Waals surface area contributed by atoms with Gasteiger partial charge in [-0.1, -0.05) is 12.1 Å². The van der Waals surface area contributed by atoms with E-state index >= 15 is 0 Å². The molecule has 4 N–H and O–H groups in total. The van der Waals surface area contributed by atoms with Crippen molar-refractivity contribution in [3.8, 4) is 0 Å². The molecule has 110 valence electrons. The zero-order chi connectivity index (χ0) is 15.4. The van der Waals surface area contributed by atoms with Crippen molar-refractivity contribution in [1.29, 1.82) is 0 Å². The molecule has 1 amide bonds. The fourth-order valence-electron chi connectivity index (χ4n) is 1.71. The number of hydrogen-bond donors (Lipinski definition) is 3. The van der Waals surface area contributed by atoms with Crippen LogP contribution < -0.4 is 11.1 Å². The van der Waals surface area contributed by atoms with Gasteiger partial charge in [0.2, 0.25) is 0 Å². The number of nitrogens with zero attached hydrogens (tertiary/aromatic N) is 1. The third-order valence-corrected chi connectivity index (χ3v) is 3.51. The molecule has 6 nitrogen and oxygen atoms in total. The van der Waals surface area contributed by atoms with Crippen molar-refractivity contribution in [3.05, 3.63) is 51.9 Å². The van der Waals surface area contributed by atoms with Crippen LogP contribution in [0.1, 0.15) is 28.8 Å². The molecule has 21 heavy (non-hydrogen) atoms. The second-order valence-electron chi connectivity index (χ2n) is 4.25. The molecule has 7 heteroatoms. The molecule has 1 heterocycles. The van der Waals surface area contributed by atoms with Crippen LogP contribution in [0, 0.1) is 0 Å². The number of amidine groups is 1. The predicted octanol–water partition coefficient (Wildman–Crippen LogP) is 2.95. The summed E-state index contributed by atoms with van der Waals surface area (Å²) in [4.78, 5) is 12.1. The zero-order valence-electron chi connectivity index (χ0n) is 11.3. The highest BCUT2D eigenvalue weighted by Crippen LogP contribution is 2.24. The summed E-state index contributed by atoms with van der Waals surface area (Å²) in [5.74, 6) is 0.653. The summed E-state index contributed by atoms with van der Waals surface area (Å²) in [6, 6.07) is 8.33. The molecule has 0 unspecified atom stereocenters. The van der Waals surface area contributed by atoms with Gasteiger partial charge in [0, 0.05) is 16.5 Å². The van der Waals surface area contributed by atoms with Gasteiger partial charge in [0.15, 0.2) is 11.6 Å². The van der Waals surface area contributed by atoms with Gasteiger partial charge in [0.25, 0.3) is 5.91 Å². The average Bonchev–Trinajstić information content (AvgIpc) is 2.97. The SMILES string of the molecule is CCc1ccc(C(=O)Nc2ccc(/C(N)=N/O)cc2Br)o1. The largest absolute Gasteiger partial charge is 0.456 e. The molecule has 0 aliphatic heterocycles. The molecule has 1 aromatic carbocycles. The van der Waals surface area contributed by atoms with Crippen molar-refractivity contribution in [1.82, 2.24) is 0 Å². The Hall–Kier alpha value is -2.28. The number of amides is 1. The Bertz CT molecular complexity index is 695. The fourth-order valence-corrected chi connectivity index (χ4v) is 2.19. The Morgan fingerprint density at radius 1 is 1.43 bits per heavy atom. The van der Waals surface area contributed by atoms with Crippen LogP contribution in [-0.4, -0.2) is 17.0 Å². The lowest BCUT2D eigenvalue weighted by Crippen LogP contribution is -2.14. The third-order valence-electron chi connectivity index (χ3n) is 2.85. The first-order valence-corrected chi connectivity index (χ1v) is 7.02. The van der Waals surface area contributed by atoms with Crippen molar-refractivity contribution in [3.63, 3.8) is 0 Å². The Kier molecular flexibility index (Phi) is 4.64. The summed E-state index contributed by atoms with van der Waals surface area (Å²) in [5.41, 5.74) is 6.60. The molecular weight excluding hydrogens is 338 g/mol. The number of halogens is 1. The van der Waals surface area contributed by atoms with Crippen LogP contribution in [0.4, 0.5) is 5.69 Å². The number of carbonyl (C=O) groups is 1. The highest BCUT2D eigenvalue weighted by atomic mass is 79.9. The van der Waals surface area contributed by atoms with Crippen LogP contribution in [0.3, 0.4) is 0 Å². The molecule has 0 saturated carbocycles. The van der Waals surface area contributed by atoms with Gasteiger partial charge in [-0.15, -0.1) is 0 Å². The van der Waals surface area contributed by atoms with E-state index in [1.165, 1.54) is 0 Å². The van der Waals surface area contributed by atoms with E-state index in [0.717, 1.165) is 12.2 Å². The molecule has 2 rings (SSSR count). The second-order valence-corrected chi connectivity index (χ2v) is 5.11. The second kappa shape index (κ2) is 6.45. The van der Waals surface area contributed by atoms with Crippen molar-refractivity contribution in [2.24, 2.45) is 10.9 Å². The Morgan fingerprint density at radius 3 is 2.76 bits per heavy atom. The topological polar surface area (TPSA) is 101 Å². The lowest BCUT2D eigenvalue weighted by atomic mass is 10.2. The van der Waals surface area contributed by atoms with Gasteiger partial charge < -0.3 is 20.7 Å². The smallest absolute Gasteiger partial charge is 0.291 e. The number of rotatable bonds is 4. The van der Waals surface area contributed by atoms with Crippen LogP contribution in [0.25, 0.3) is 0 Å². The molecule has 0 atom stereocenters. The quantitative estimate of drug-likeness (QED) is 0.341. The maximum absolute atomic E-state index is 12.1. The maximum atomic E-state index is 12.1. The standard InChI is InChI=1S/C14H14BrN3O3/c1-2-9-4-6-12(21-9)14(19)17-11-5-3-8(7-10(11)15)13(16)18-20/h3-7,20H,2H2,1H3,(H2,16,18)(H,17,19). The number of oxime groups is 1. The van der Waals surface area contributed by atoms with Crippen LogP contribution >= 0.6 is 15.9 Å². The van der Waals surface area contributed by atoms with Crippen LogP contribution in [0.15, 0.2) is 44.4 Å². The van der Waals surface area contributed by atoms with Gasteiger partial charge >= 0.3 is 0 Å². The highest BCUT2D eigenvalue weighted by molar-refractivity contribution is 9.10. The summed E-state index contributed by atoms with van der Waals surface area (Å²) < 4.78 is 6.00. The van der Waals surface area contributed by atoms with E-state index in [0.29, 0.717) is 15.7 Å². The van der Waals surface area contributed by atoms with Gasteiger partial charge in [0.1, 0.15) is 5.76 Å². The number of carbonyl (C=O) groups excluding carboxylic acids is 1. The molecule has 2 aromatic rings. The van der Waals surface area contributed by atoms with E-state index in [4.69, 9.17) is 15.4 Å². The first-order chi connectivity index (χ1) is 10.0. The minimum atomic E-state index is -0.341. The number of nitrogens with two attached hydrogens (primary N) is 1. The van der Waals surface area contributed by atoms with Crippen LogP contribution in [-0.2, 0) is 6.42 Å². The first kappa shape index (κ1) is 15.1. The van der Waals surface area contributed by atoms with E-state index in [9.17, 15) is 4.79 Å². The molecule has 0 radical (unpaired) electrons. The van der Waals surface area contributed by atoms with Crippen LogP contribution in [0.2, 0.25) is 0 Å². The number of benzene rings is 1. The summed E-state index contributed by atoms with van der Waals surface area (Å²) in [7, 11) is 0. The first-order valence-electron chi connectivity index (χ1n) is 6.22. The molecular formula is C14H14BrN3O3. The summed E-state index contributed by atoms with van der Waals surface area (Å²) in [6.45, 7) is 1.95. The summed E-state index contributed by atoms with van der Waals surface area (Å²) in [5, 5.41) is 14.3. The Morgan fingerprint density at radius 2 is 2.19 bits per heavy atom. The third kappa shape index (κ3) is 3.43. The van der Waals surface area contributed by atoms with Crippen molar-refractivity contribution in [2.45, 2.75) is 13.3 Å². The van der Waals surface area contributed by atoms with Crippen molar-refractivity contribution in [2.75, 3.05) is 5.32 Å². The van der Waals surface area contributed by atoms with Gasteiger partial charge in [0.05, 0.1) is 5.69 Å². The zero-order valence-corrected chi connectivity index (χ0v) is 12.8. The number of hydrogen-bond acceptors (Lipinski definition) is 4. The fraction of sp³-hybridized carbons (Fsp3) is 0.143. The minimum Gasteiger partial charge on any atom is -0.456 e. The predicted molar refractivity (Wildman–Crippen MR) is 82.7 cm³/mol. The van der Waals surface area contributed by atoms with E-state index in [1.807, 2.05) is 6.92 Å². The Labute approximate surface area is 129 Å². The number of nitrogens with one attached hydrogen (secondary N) is 1. The Balaban J connectivity index is 2.18. The molecule has 0 bridgehead atoms. The van der Waals surface area contributed by atoms with Crippen molar-refractivity contribution >= 4 is 33.4 Å². The number of anilines is 1. The van der Waals surface area contributed by atoms with Crippen LogP contribution in [0.5, 0.6) is 0 Å². The summed E-state index contributed by atoms with van der Waals surface area (Å²) in [6.07, 6.45) is 0.728. The normalized spacial score (nSPS) is 11.4. The van der Waals surface area contributed by atoms with Gasteiger partial charge in [-0.05, 0) is 46.3 Å². The van der Waals surface area contributed by atoms with Gasteiger partial charge in [-0.25, -0.2) is 0 Å². The number of aryl methyl sites for hydroxylation is 1. The monoisotopic (exact) mass is 351 g/mol. The highest BCUT2D eigenvalue weighted by Gasteiger charge is 2.13. The van der Waals surface area contributed by atoms with Crippen molar-refractivity contribution < 1.29 is 14.4 Å². The average molecular weight is 352 g/mol. The maximum Gasteiger partial charge on any atom is 0.291 e. The van der Waals surface area contributed by atoms with E-state index < -0.39 is 0 Å². The van der Waals surface area contributed by atoms with E-state index in [2.05, 4.69) is 26.4 Å². The lowest BCUT2D eigenvalue weighted by Gasteiger charge is -2.07.